The quantitative estimate of drug-likeness (QED) is 0.215. The summed E-state index contributed by atoms with van der Waals surface area (Å²) in [7, 11) is -4.38. The Hall–Kier alpha value is -1.93. The predicted molar refractivity (Wildman–Crippen MR) is 204 cm³/mol. The molecule has 53 heavy (non-hydrogen) atoms. The van der Waals surface area contributed by atoms with E-state index in [2.05, 4.69) is 67.7 Å². The van der Waals surface area contributed by atoms with Gasteiger partial charge >= 0.3 is 0 Å². The molecule has 0 aromatic heterocycles. The summed E-state index contributed by atoms with van der Waals surface area (Å²) in [6, 6.07) is 15.4. The smallest absolute Gasteiger partial charge is 0.250 e. The third kappa shape index (κ3) is 9.55. The topological polar surface area (TPSA) is 155 Å². The van der Waals surface area contributed by atoms with Crippen LogP contribution in [-0.2, 0) is 34.8 Å². The minimum Gasteiger partial charge on any atom is -0.541 e. The molecule has 12 nitrogen and oxygen atoms in total. The molecule has 3 saturated heterocycles. The second-order valence-electron chi connectivity index (χ2n) is 17.6. The Kier molecular flexibility index (Phi) is 13.0. The maximum atomic E-state index is 11.7. The molecule has 4 N–H and O–H groups in total. The van der Waals surface area contributed by atoms with E-state index in [9.17, 15) is 20.4 Å². The number of benzene rings is 2. The van der Waals surface area contributed by atoms with E-state index < -0.39 is 84.3 Å². The van der Waals surface area contributed by atoms with Crippen LogP contribution in [-0.4, -0.2) is 112 Å². The number of hydrogen-bond donors (Lipinski definition) is 4. The number of aliphatic hydroxyl groups excluding tert-OH is 4. The summed E-state index contributed by atoms with van der Waals surface area (Å²) >= 11 is 0. The van der Waals surface area contributed by atoms with Gasteiger partial charge in [-0.2, -0.15) is 0 Å². The second kappa shape index (κ2) is 16.3. The van der Waals surface area contributed by atoms with Crippen LogP contribution in [0.1, 0.15) is 65.9 Å². The van der Waals surface area contributed by atoms with E-state index >= 15 is 0 Å². The van der Waals surface area contributed by atoms with Crippen molar-refractivity contribution in [3.63, 3.8) is 0 Å². The molecule has 0 saturated carbocycles. The van der Waals surface area contributed by atoms with Crippen molar-refractivity contribution in [2.75, 3.05) is 13.2 Å². The lowest BCUT2D eigenvalue weighted by molar-refractivity contribution is -0.391. The second-order valence-corrected chi connectivity index (χ2v) is 27.1. The third-order valence-electron chi connectivity index (χ3n) is 11.5. The van der Waals surface area contributed by atoms with Gasteiger partial charge in [0, 0.05) is 5.56 Å². The fourth-order valence-corrected chi connectivity index (χ4v) is 7.98. The SMILES string of the molecule is C[C@@H]1O[C@@H](O[C@@H]2[C@@H](O)[C@H](OCCc3ccc(O[Si](C)(C)C(C)(C)C)c(O[Si](C)(C)C(C)(C)C)c3)O[C@@H]3CO[C@@H](c4ccccc4)O[C@@H]23)[C@H](O)[C@H](O)[C@H]1O. The monoisotopic (exact) mass is 778 g/mol. The standard InChI is InChI=1S/C39H62O12Si2/c1-23-29(40)30(41)31(42)37(46-23)49-34-32(43)36(47-28-22-45-35(48-33(28)34)25-15-13-12-14-16-25)44-20-19-24-17-18-26(50-52(8,9)38(2,3)4)27(21-24)51-53(10,11)39(5,6)7/h12-18,21,23,28-37,40-43H,19-20,22H2,1-11H3/t23-,28+,29-,30+,31+,32+,33+,34+,35+,36+,37-/m0/s1. The Morgan fingerprint density at radius 2 is 1.34 bits per heavy atom. The van der Waals surface area contributed by atoms with Crippen LogP contribution < -0.4 is 8.85 Å². The van der Waals surface area contributed by atoms with Crippen LogP contribution in [0.25, 0.3) is 0 Å². The van der Waals surface area contributed by atoms with E-state index in [-0.39, 0.29) is 23.3 Å². The molecule has 3 fully saturated rings. The van der Waals surface area contributed by atoms with Gasteiger partial charge < -0.3 is 57.7 Å². The average molecular weight is 779 g/mol. The van der Waals surface area contributed by atoms with Crippen LogP contribution in [0.5, 0.6) is 11.5 Å². The zero-order chi connectivity index (χ0) is 39.1. The Morgan fingerprint density at radius 3 is 1.96 bits per heavy atom. The molecule has 0 unspecified atom stereocenters. The van der Waals surface area contributed by atoms with Gasteiger partial charge in [-0.15, -0.1) is 0 Å². The van der Waals surface area contributed by atoms with Gasteiger partial charge in [-0.3, -0.25) is 0 Å². The van der Waals surface area contributed by atoms with Crippen molar-refractivity contribution < 1.29 is 57.7 Å². The Bertz CT molecular complexity index is 1500. The number of fused-ring (bicyclic) bond motifs is 1. The highest BCUT2D eigenvalue weighted by Gasteiger charge is 2.53. The zero-order valence-electron chi connectivity index (χ0n) is 33.1. The van der Waals surface area contributed by atoms with E-state index in [0.717, 1.165) is 22.6 Å². The first kappa shape index (κ1) is 42.2. The molecule has 2 aromatic rings. The minimum atomic E-state index is -2.22. The highest BCUT2D eigenvalue weighted by Crippen LogP contribution is 2.44. The predicted octanol–water partition coefficient (Wildman–Crippen LogP) is 5.43. The lowest BCUT2D eigenvalue weighted by Crippen LogP contribution is -2.66. The largest absolute Gasteiger partial charge is 0.541 e. The van der Waals surface area contributed by atoms with Crippen LogP contribution in [0.4, 0.5) is 0 Å². The maximum Gasteiger partial charge on any atom is 0.250 e. The Balaban J connectivity index is 1.34. The van der Waals surface area contributed by atoms with Crippen molar-refractivity contribution in [1.29, 1.82) is 0 Å². The first-order chi connectivity index (χ1) is 24.6. The first-order valence-electron chi connectivity index (χ1n) is 18.7. The van der Waals surface area contributed by atoms with Gasteiger partial charge in [0.2, 0.25) is 0 Å². The zero-order valence-corrected chi connectivity index (χ0v) is 35.1. The van der Waals surface area contributed by atoms with Gasteiger partial charge in [-0.05, 0) is 67.3 Å². The summed E-state index contributed by atoms with van der Waals surface area (Å²) in [5.41, 5.74) is 1.74. The molecule has 3 heterocycles. The van der Waals surface area contributed by atoms with Gasteiger partial charge in [-0.1, -0.05) is 77.9 Å². The molecule has 0 radical (unpaired) electrons. The van der Waals surface area contributed by atoms with E-state index in [4.69, 9.17) is 37.3 Å². The van der Waals surface area contributed by atoms with Crippen molar-refractivity contribution >= 4 is 16.6 Å². The molecule has 3 aliphatic rings. The molecule has 0 amide bonds. The summed E-state index contributed by atoms with van der Waals surface area (Å²) in [4.78, 5) is 0. The minimum absolute atomic E-state index is 0.00649. The Morgan fingerprint density at radius 1 is 0.717 bits per heavy atom. The summed E-state index contributed by atoms with van der Waals surface area (Å²) in [6.45, 7) is 24.0. The summed E-state index contributed by atoms with van der Waals surface area (Å²) in [5, 5.41) is 43.2. The number of aliphatic hydroxyl groups is 4. The molecule has 0 aliphatic carbocycles. The molecular weight excluding hydrogens is 717 g/mol. The van der Waals surface area contributed by atoms with Crippen molar-refractivity contribution in [3.8, 4) is 11.5 Å². The van der Waals surface area contributed by atoms with E-state index in [0.29, 0.717) is 6.42 Å². The molecule has 5 rings (SSSR count). The summed E-state index contributed by atoms with van der Waals surface area (Å²) in [6.07, 6.45) is -12.0. The van der Waals surface area contributed by atoms with Crippen LogP contribution in [0, 0.1) is 0 Å². The molecular formula is C39H62O12Si2. The van der Waals surface area contributed by atoms with Gasteiger partial charge in [0.15, 0.2) is 18.9 Å². The molecule has 298 valence electrons. The van der Waals surface area contributed by atoms with Crippen LogP contribution in [0.15, 0.2) is 48.5 Å². The highest BCUT2D eigenvalue weighted by molar-refractivity contribution is 6.75. The van der Waals surface area contributed by atoms with Crippen molar-refractivity contribution in [1.82, 2.24) is 0 Å². The molecule has 11 atom stereocenters. The number of hydrogen-bond acceptors (Lipinski definition) is 12. The van der Waals surface area contributed by atoms with Crippen LogP contribution in [0.2, 0.25) is 36.3 Å². The van der Waals surface area contributed by atoms with Crippen molar-refractivity contribution in [2.45, 2.75) is 159 Å². The number of rotatable bonds is 11. The molecule has 2 aromatic carbocycles. The van der Waals surface area contributed by atoms with E-state index in [1.807, 2.05) is 48.5 Å². The van der Waals surface area contributed by atoms with Gasteiger partial charge in [-0.25, -0.2) is 0 Å². The maximum absolute atomic E-state index is 11.7. The molecule has 0 spiro atoms. The average Bonchev–Trinajstić information content (AvgIpc) is 3.07. The third-order valence-corrected chi connectivity index (χ3v) is 20.2. The van der Waals surface area contributed by atoms with Crippen LogP contribution in [0.3, 0.4) is 0 Å². The van der Waals surface area contributed by atoms with Crippen LogP contribution >= 0.6 is 0 Å². The van der Waals surface area contributed by atoms with Gasteiger partial charge in [0.1, 0.15) is 54.2 Å². The summed E-state index contributed by atoms with van der Waals surface area (Å²) < 4.78 is 50.3. The Labute approximate surface area is 316 Å². The van der Waals surface area contributed by atoms with Gasteiger partial charge in [0.05, 0.1) is 19.3 Å². The van der Waals surface area contributed by atoms with Crippen molar-refractivity contribution in [2.24, 2.45) is 0 Å². The fourth-order valence-electron chi connectivity index (χ4n) is 5.94. The number of ether oxygens (including phenoxy) is 6. The molecule has 3 aliphatic heterocycles. The normalized spacial score (nSPS) is 32.9. The van der Waals surface area contributed by atoms with E-state index in [1.54, 1.807) is 6.92 Å². The molecule has 0 bridgehead atoms. The first-order valence-corrected chi connectivity index (χ1v) is 24.5. The highest BCUT2D eigenvalue weighted by atomic mass is 28.4. The van der Waals surface area contributed by atoms with Crippen molar-refractivity contribution in [3.05, 3.63) is 59.7 Å². The lowest BCUT2D eigenvalue weighted by Gasteiger charge is -2.49. The fraction of sp³-hybridized carbons (Fsp3) is 0.692. The van der Waals surface area contributed by atoms with Gasteiger partial charge in [0.25, 0.3) is 16.6 Å². The molecule has 14 heteroatoms. The lowest BCUT2D eigenvalue weighted by atomic mass is 9.96. The summed E-state index contributed by atoms with van der Waals surface area (Å²) in [5.74, 6) is 1.47. The van der Waals surface area contributed by atoms with E-state index in [1.165, 1.54) is 0 Å².